The first-order valence-corrected chi connectivity index (χ1v) is 7.24. The lowest BCUT2D eigenvalue weighted by Crippen LogP contribution is -2.50. The molecule has 0 amide bonds. The van der Waals surface area contributed by atoms with Gasteiger partial charge in [0, 0.05) is 32.9 Å². The van der Waals surface area contributed by atoms with Crippen LogP contribution in [0.1, 0.15) is 12.0 Å². The van der Waals surface area contributed by atoms with Crippen LogP contribution in [-0.2, 0) is 18.2 Å². The summed E-state index contributed by atoms with van der Waals surface area (Å²) in [6, 6.07) is 0. The van der Waals surface area contributed by atoms with Gasteiger partial charge in [0.05, 0.1) is 19.4 Å². The number of β-amino-alcohol motifs (C(OH)–C–C–N with tert-alkyl or cyclic N) is 1. The topological polar surface area (TPSA) is 62.6 Å². The number of nitrogens with zero attached hydrogens (tertiary/aromatic N) is 3. The van der Waals surface area contributed by atoms with Crippen LogP contribution in [0.2, 0.25) is 0 Å². The Morgan fingerprint density at radius 3 is 3.20 bits per heavy atom. The predicted octanol–water partition coefficient (Wildman–Crippen LogP) is -0.365. The summed E-state index contributed by atoms with van der Waals surface area (Å²) < 4.78 is 7.27. The second-order valence-corrected chi connectivity index (χ2v) is 5.82. The molecule has 114 valence electrons. The van der Waals surface area contributed by atoms with E-state index in [1.165, 1.54) is 5.56 Å². The Balaban J connectivity index is 1.70. The number of ether oxygens (including phenoxy) is 1. The third-order valence-electron chi connectivity index (χ3n) is 3.58. The minimum atomic E-state index is -0.778. The molecule has 1 atom stereocenters. The highest BCUT2D eigenvalue weighted by Gasteiger charge is 2.30. The zero-order valence-electron chi connectivity index (χ0n) is 12.5. The van der Waals surface area contributed by atoms with Crippen LogP contribution in [0.5, 0.6) is 0 Å². The first-order valence-electron chi connectivity index (χ1n) is 7.24. The Morgan fingerprint density at radius 2 is 2.45 bits per heavy atom. The minimum absolute atomic E-state index is 0.410. The molecule has 2 N–H and O–H groups in total. The van der Waals surface area contributed by atoms with Crippen molar-refractivity contribution >= 4 is 0 Å². The summed E-state index contributed by atoms with van der Waals surface area (Å²) in [5, 5.41) is 17.9. The SMILES string of the molecule is CN(CCCc1cnn(C)c1)C[C@@]1(O)CNCCOC1. The van der Waals surface area contributed by atoms with Gasteiger partial charge in [-0.3, -0.25) is 4.68 Å². The molecular formula is C14H26N4O2. The molecule has 1 aromatic heterocycles. The second-order valence-electron chi connectivity index (χ2n) is 5.82. The molecule has 1 saturated heterocycles. The van der Waals surface area contributed by atoms with E-state index in [1.807, 2.05) is 25.0 Å². The van der Waals surface area contributed by atoms with Crippen molar-refractivity contribution in [2.24, 2.45) is 7.05 Å². The van der Waals surface area contributed by atoms with E-state index in [2.05, 4.69) is 21.5 Å². The molecule has 1 fully saturated rings. The Kier molecular flexibility index (Phi) is 5.54. The van der Waals surface area contributed by atoms with Crippen molar-refractivity contribution in [3.8, 4) is 0 Å². The van der Waals surface area contributed by atoms with E-state index in [4.69, 9.17) is 4.74 Å². The van der Waals surface area contributed by atoms with E-state index >= 15 is 0 Å². The maximum absolute atomic E-state index is 10.5. The van der Waals surface area contributed by atoms with E-state index in [1.54, 1.807) is 0 Å². The summed E-state index contributed by atoms with van der Waals surface area (Å²) in [6.45, 7) is 4.08. The predicted molar refractivity (Wildman–Crippen MR) is 77.7 cm³/mol. The lowest BCUT2D eigenvalue weighted by atomic mass is 10.0. The molecule has 0 bridgehead atoms. The molecule has 6 nitrogen and oxygen atoms in total. The molecule has 0 spiro atoms. The highest BCUT2D eigenvalue weighted by Crippen LogP contribution is 2.10. The summed E-state index contributed by atoms with van der Waals surface area (Å²) in [6.07, 6.45) is 6.05. The third kappa shape index (κ3) is 4.86. The smallest absolute Gasteiger partial charge is 0.113 e. The van der Waals surface area contributed by atoms with Crippen molar-refractivity contribution in [2.75, 3.05) is 46.4 Å². The Morgan fingerprint density at radius 1 is 1.60 bits per heavy atom. The fourth-order valence-corrected chi connectivity index (χ4v) is 2.62. The van der Waals surface area contributed by atoms with Gasteiger partial charge in [0.15, 0.2) is 0 Å². The Labute approximate surface area is 120 Å². The van der Waals surface area contributed by atoms with Crippen molar-refractivity contribution in [3.05, 3.63) is 18.0 Å². The molecule has 1 aromatic rings. The van der Waals surface area contributed by atoms with Crippen LogP contribution in [0.4, 0.5) is 0 Å². The number of likely N-dealkylation sites (N-methyl/N-ethyl adjacent to an activating group) is 1. The molecule has 2 heterocycles. The van der Waals surface area contributed by atoms with Crippen molar-refractivity contribution < 1.29 is 9.84 Å². The van der Waals surface area contributed by atoms with Crippen molar-refractivity contribution in [3.63, 3.8) is 0 Å². The monoisotopic (exact) mass is 282 g/mol. The highest BCUT2D eigenvalue weighted by molar-refractivity contribution is 5.03. The standard InChI is InChI=1S/C14H26N4O2/c1-17(6-3-4-13-8-16-18(2)9-13)11-14(19)10-15-5-7-20-12-14/h8-9,15,19H,3-7,10-12H2,1-2H3/t14-/m0/s1. The van der Waals surface area contributed by atoms with Crippen LogP contribution in [-0.4, -0.2) is 71.8 Å². The maximum atomic E-state index is 10.5. The molecule has 0 saturated carbocycles. The summed E-state index contributed by atoms with van der Waals surface area (Å²) in [4.78, 5) is 2.17. The number of aryl methyl sites for hydroxylation is 2. The molecular weight excluding hydrogens is 256 g/mol. The minimum Gasteiger partial charge on any atom is -0.385 e. The van der Waals surface area contributed by atoms with Crippen molar-refractivity contribution in [2.45, 2.75) is 18.4 Å². The van der Waals surface area contributed by atoms with Gasteiger partial charge in [-0.15, -0.1) is 0 Å². The highest BCUT2D eigenvalue weighted by atomic mass is 16.5. The van der Waals surface area contributed by atoms with Gasteiger partial charge < -0.3 is 20.1 Å². The average Bonchev–Trinajstić information content (AvgIpc) is 2.67. The molecule has 0 aliphatic carbocycles. The normalized spacial score (nSPS) is 24.0. The lowest BCUT2D eigenvalue weighted by Gasteiger charge is -2.30. The fraction of sp³-hybridized carbons (Fsp3) is 0.786. The van der Waals surface area contributed by atoms with Gasteiger partial charge in [-0.05, 0) is 32.0 Å². The molecule has 0 aromatic carbocycles. The van der Waals surface area contributed by atoms with Crippen LogP contribution < -0.4 is 5.32 Å². The van der Waals surface area contributed by atoms with E-state index in [0.29, 0.717) is 26.3 Å². The number of hydrogen-bond donors (Lipinski definition) is 2. The lowest BCUT2D eigenvalue weighted by molar-refractivity contribution is -0.0450. The van der Waals surface area contributed by atoms with Crippen molar-refractivity contribution in [1.82, 2.24) is 20.0 Å². The fourth-order valence-electron chi connectivity index (χ4n) is 2.62. The van der Waals surface area contributed by atoms with Gasteiger partial charge in [0.1, 0.15) is 5.60 Å². The Hall–Kier alpha value is -0.950. The summed E-state index contributed by atoms with van der Waals surface area (Å²) in [5.41, 5.74) is 0.485. The molecule has 1 aliphatic rings. The summed E-state index contributed by atoms with van der Waals surface area (Å²) in [5.74, 6) is 0. The summed E-state index contributed by atoms with van der Waals surface area (Å²) in [7, 11) is 3.98. The quantitative estimate of drug-likeness (QED) is 0.746. The molecule has 20 heavy (non-hydrogen) atoms. The maximum Gasteiger partial charge on any atom is 0.113 e. The number of aliphatic hydroxyl groups is 1. The first kappa shape index (κ1) is 15.4. The molecule has 2 rings (SSSR count). The number of hydrogen-bond acceptors (Lipinski definition) is 5. The van der Waals surface area contributed by atoms with Gasteiger partial charge in [0.2, 0.25) is 0 Å². The summed E-state index contributed by atoms with van der Waals surface area (Å²) >= 11 is 0. The van der Waals surface area contributed by atoms with Crippen LogP contribution in [0.25, 0.3) is 0 Å². The molecule has 1 aliphatic heterocycles. The van der Waals surface area contributed by atoms with E-state index in [0.717, 1.165) is 25.9 Å². The zero-order chi connectivity index (χ0) is 14.4. The average molecular weight is 282 g/mol. The number of nitrogens with one attached hydrogen (secondary N) is 1. The zero-order valence-corrected chi connectivity index (χ0v) is 12.5. The van der Waals surface area contributed by atoms with Crippen molar-refractivity contribution in [1.29, 1.82) is 0 Å². The molecule has 0 unspecified atom stereocenters. The molecule has 6 heteroatoms. The number of rotatable bonds is 6. The largest absolute Gasteiger partial charge is 0.385 e. The number of aromatic nitrogens is 2. The van der Waals surface area contributed by atoms with E-state index in [-0.39, 0.29) is 0 Å². The van der Waals surface area contributed by atoms with Crippen LogP contribution in [0.15, 0.2) is 12.4 Å². The van der Waals surface area contributed by atoms with Gasteiger partial charge >= 0.3 is 0 Å². The third-order valence-corrected chi connectivity index (χ3v) is 3.58. The second kappa shape index (κ2) is 7.17. The van der Waals surface area contributed by atoms with Gasteiger partial charge in [-0.2, -0.15) is 5.10 Å². The van der Waals surface area contributed by atoms with Gasteiger partial charge in [-0.25, -0.2) is 0 Å². The van der Waals surface area contributed by atoms with Crippen LogP contribution in [0, 0.1) is 0 Å². The van der Waals surface area contributed by atoms with Gasteiger partial charge in [-0.1, -0.05) is 0 Å². The van der Waals surface area contributed by atoms with E-state index in [9.17, 15) is 5.11 Å². The Bertz CT molecular complexity index is 400. The first-order chi connectivity index (χ1) is 9.57. The van der Waals surface area contributed by atoms with Crippen LogP contribution >= 0.6 is 0 Å². The van der Waals surface area contributed by atoms with Crippen LogP contribution in [0.3, 0.4) is 0 Å². The molecule has 0 radical (unpaired) electrons. The van der Waals surface area contributed by atoms with E-state index < -0.39 is 5.60 Å². The van der Waals surface area contributed by atoms with Gasteiger partial charge in [0.25, 0.3) is 0 Å².